The highest BCUT2D eigenvalue weighted by molar-refractivity contribution is 5.91. The molecule has 1 aromatic heterocycles. The minimum absolute atomic E-state index is 0.192. The third-order valence-corrected chi connectivity index (χ3v) is 8.00. The van der Waals surface area contributed by atoms with E-state index in [-0.39, 0.29) is 11.9 Å². The lowest BCUT2D eigenvalue weighted by atomic mass is 9.77. The predicted molar refractivity (Wildman–Crippen MR) is 154 cm³/mol. The molecule has 0 unspecified atom stereocenters. The molecule has 1 aliphatic heterocycles. The van der Waals surface area contributed by atoms with Gasteiger partial charge in [0, 0.05) is 28.1 Å². The smallest absolute Gasteiger partial charge is 0.128 e. The summed E-state index contributed by atoms with van der Waals surface area (Å²) in [6.07, 6.45) is 7.67. The number of anilines is 1. The molecule has 1 N–H and O–H groups in total. The molecule has 0 radical (unpaired) electrons. The third kappa shape index (κ3) is 4.03. The van der Waals surface area contributed by atoms with Crippen molar-refractivity contribution in [2.45, 2.75) is 24.9 Å². The molecular weight excluding hydrogens is 469 g/mol. The second kappa shape index (κ2) is 9.46. The van der Waals surface area contributed by atoms with Gasteiger partial charge in [0.15, 0.2) is 0 Å². The number of rotatable bonds is 5. The summed E-state index contributed by atoms with van der Waals surface area (Å²) < 4.78 is 16.6. The topological polar surface area (TPSA) is 29.3 Å². The summed E-state index contributed by atoms with van der Waals surface area (Å²) in [5, 5.41) is 4.91. The fourth-order valence-electron chi connectivity index (χ4n) is 6.09. The van der Waals surface area contributed by atoms with E-state index in [1.165, 1.54) is 22.9 Å². The Morgan fingerprint density at radius 3 is 2.58 bits per heavy atom. The summed E-state index contributed by atoms with van der Waals surface area (Å²) in [4.78, 5) is 4.81. The van der Waals surface area contributed by atoms with E-state index >= 15 is 0 Å². The molecular formula is C34H28FN3. The number of aliphatic imine (C=N–C) groups is 1. The minimum Gasteiger partial charge on any atom is -0.378 e. The largest absolute Gasteiger partial charge is 0.378 e. The second-order valence-electron chi connectivity index (χ2n) is 10.2. The lowest BCUT2D eigenvalue weighted by Crippen LogP contribution is -2.28. The number of para-hydroxylation sites is 2. The molecule has 186 valence electrons. The Morgan fingerprint density at radius 1 is 0.895 bits per heavy atom. The standard InChI is InChI=1S/C34H28FN3/c35-31-13-4-1-9-25(31)22-38-27(20-24-8-2-6-15-33(24)38)21-36-26-18-16-23(17-19-26)34-30-12-7-11-28(30)29-10-3-5-14-32(29)37-34/h1-11,13-21,28,30,34,37H,12,22H2/t28-,30+,34+/m1/s1. The van der Waals surface area contributed by atoms with E-state index in [9.17, 15) is 4.39 Å². The number of nitrogens with zero attached hydrogens (tertiary/aromatic N) is 2. The van der Waals surface area contributed by atoms with Gasteiger partial charge in [-0.2, -0.15) is 0 Å². The summed E-state index contributed by atoms with van der Waals surface area (Å²) in [7, 11) is 0. The molecule has 2 heterocycles. The molecule has 0 spiro atoms. The number of benzene rings is 4. The number of allylic oxidation sites excluding steroid dienone is 2. The average Bonchev–Trinajstić information content (AvgIpc) is 3.59. The van der Waals surface area contributed by atoms with Gasteiger partial charge in [-0.15, -0.1) is 0 Å². The van der Waals surface area contributed by atoms with E-state index in [1.807, 2.05) is 30.5 Å². The number of halogens is 1. The van der Waals surface area contributed by atoms with Crippen molar-refractivity contribution in [1.29, 1.82) is 0 Å². The van der Waals surface area contributed by atoms with Crippen molar-refractivity contribution in [3.63, 3.8) is 0 Å². The Labute approximate surface area is 222 Å². The molecule has 38 heavy (non-hydrogen) atoms. The molecule has 7 rings (SSSR count). The summed E-state index contributed by atoms with van der Waals surface area (Å²) in [6, 6.07) is 34.8. The van der Waals surface area contributed by atoms with Crippen LogP contribution in [0, 0.1) is 11.7 Å². The van der Waals surface area contributed by atoms with Crippen LogP contribution >= 0.6 is 0 Å². The van der Waals surface area contributed by atoms with Gasteiger partial charge in [-0.25, -0.2) is 4.39 Å². The Hall–Kier alpha value is -4.44. The van der Waals surface area contributed by atoms with Crippen molar-refractivity contribution in [2.24, 2.45) is 10.9 Å². The van der Waals surface area contributed by atoms with Crippen LogP contribution in [0.25, 0.3) is 10.9 Å². The molecule has 3 nitrogen and oxygen atoms in total. The maximum atomic E-state index is 14.5. The Kier molecular flexibility index (Phi) is 5.66. The van der Waals surface area contributed by atoms with Crippen molar-refractivity contribution in [1.82, 2.24) is 4.57 Å². The monoisotopic (exact) mass is 497 g/mol. The molecule has 0 amide bonds. The Bertz CT molecular complexity index is 1680. The number of fused-ring (bicyclic) bond motifs is 4. The zero-order valence-corrected chi connectivity index (χ0v) is 21.0. The van der Waals surface area contributed by atoms with E-state index in [0.717, 1.165) is 28.7 Å². The van der Waals surface area contributed by atoms with E-state index < -0.39 is 0 Å². The van der Waals surface area contributed by atoms with Crippen LogP contribution in [0.4, 0.5) is 15.8 Å². The highest BCUT2D eigenvalue weighted by atomic mass is 19.1. The van der Waals surface area contributed by atoms with Crippen LogP contribution in [0.3, 0.4) is 0 Å². The predicted octanol–water partition coefficient (Wildman–Crippen LogP) is 8.41. The molecule has 1 aliphatic carbocycles. The summed E-state index contributed by atoms with van der Waals surface area (Å²) >= 11 is 0. The van der Waals surface area contributed by atoms with Crippen molar-refractivity contribution in [3.8, 4) is 0 Å². The van der Waals surface area contributed by atoms with Gasteiger partial charge >= 0.3 is 0 Å². The average molecular weight is 498 g/mol. The molecule has 3 atom stereocenters. The van der Waals surface area contributed by atoms with Crippen LogP contribution in [0.5, 0.6) is 0 Å². The van der Waals surface area contributed by atoms with Gasteiger partial charge in [0.05, 0.1) is 30.2 Å². The van der Waals surface area contributed by atoms with Gasteiger partial charge in [0.1, 0.15) is 5.82 Å². The van der Waals surface area contributed by atoms with E-state index in [0.29, 0.717) is 23.9 Å². The van der Waals surface area contributed by atoms with Crippen LogP contribution in [-0.2, 0) is 6.54 Å². The van der Waals surface area contributed by atoms with Crippen LogP contribution < -0.4 is 5.32 Å². The zero-order valence-electron chi connectivity index (χ0n) is 21.0. The van der Waals surface area contributed by atoms with Gasteiger partial charge in [0.25, 0.3) is 0 Å². The zero-order chi connectivity index (χ0) is 25.5. The van der Waals surface area contributed by atoms with Crippen LogP contribution in [0.1, 0.15) is 40.8 Å². The molecule has 0 saturated carbocycles. The first-order valence-corrected chi connectivity index (χ1v) is 13.2. The van der Waals surface area contributed by atoms with E-state index in [2.05, 4.69) is 88.8 Å². The molecule has 2 aliphatic rings. The maximum Gasteiger partial charge on any atom is 0.128 e. The maximum absolute atomic E-state index is 14.5. The normalized spacial score (nSPS) is 20.0. The summed E-state index contributed by atoms with van der Waals surface area (Å²) in [6.45, 7) is 0.450. The number of hydrogen-bond donors (Lipinski definition) is 1. The van der Waals surface area contributed by atoms with Gasteiger partial charge in [-0.1, -0.05) is 78.9 Å². The first-order valence-electron chi connectivity index (χ1n) is 13.2. The summed E-state index contributed by atoms with van der Waals surface area (Å²) in [5.74, 6) is 0.794. The molecule has 4 aromatic carbocycles. The molecule has 5 aromatic rings. The number of nitrogens with one attached hydrogen (secondary N) is 1. The van der Waals surface area contributed by atoms with Crippen LogP contribution in [-0.4, -0.2) is 10.8 Å². The molecule has 0 saturated heterocycles. The highest BCUT2D eigenvalue weighted by Crippen LogP contribution is 2.49. The molecule has 4 heteroatoms. The van der Waals surface area contributed by atoms with Gasteiger partial charge in [0.2, 0.25) is 0 Å². The summed E-state index contributed by atoms with van der Waals surface area (Å²) in [5.41, 5.74) is 7.48. The first kappa shape index (κ1) is 22.7. The lowest BCUT2D eigenvalue weighted by molar-refractivity contribution is 0.425. The third-order valence-electron chi connectivity index (χ3n) is 8.00. The molecule has 0 fully saturated rings. The fraction of sp³-hybridized carbons (Fsp3) is 0.147. The number of hydrogen-bond acceptors (Lipinski definition) is 2. The lowest BCUT2D eigenvalue weighted by Gasteiger charge is -2.37. The SMILES string of the molecule is Fc1ccccc1Cn1c(C=Nc2ccc([C@@H]3Nc4ccccc4[C@H]4C=CC[C@@H]43)cc2)cc2ccccc21. The van der Waals surface area contributed by atoms with Crippen molar-refractivity contribution >= 4 is 28.5 Å². The highest BCUT2D eigenvalue weighted by Gasteiger charge is 2.37. The fourth-order valence-corrected chi connectivity index (χ4v) is 6.09. The first-order chi connectivity index (χ1) is 18.7. The quantitative estimate of drug-likeness (QED) is 0.192. The minimum atomic E-state index is -0.192. The van der Waals surface area contributed by atoms with E-state index in [4.69, 9.17) is 4.99 Å². The second-order valence-corrected chi connectivity index (χ2v) is 10.2. The van der Waals surface area contributed by atoms with Crippen molar-refractivity contribution in [2.75, 3.05) is 5.32 Å². The van der Waals surface area contributed by atoms with E-state index in [1.54, 1.807) is 6.07 Å². The van der Waals surface area contributed by atoms with Gasteiger partial charge in [-0.05, 0) is 59.9 Å². The number of aromatic nitrogens is 1. The van der Waals surface area contributed by atoms with Crippen LogP contribution in [0.2, 0.25) is 0 Å². The van der Waals surface area contributed by atoms with Crippen molar-refractivity contribution in [3.05, 3.63) is 143 Å². The van der Waals surface area contributed by atoms with Gasteiger partial charge in [-0.3, -0.25) is 4.99 Å². The van der Waals surface area contributed by atoms with Gasteiger partial charge < -0.3 is 9.88 Å². The van der Waals surface area contributed by atoms with Crippen molar-refractivity contribution < 1.29 is 4.39 Å². The Balaban J connectivity index is 1.17. The molecule has 0 bridgehead atoms. The van der Waals surface area contributed by atoms with Crippen LogP contribution in [0.15, 0.2) is 120 Å². The Morgan fingerprint density at radius 2 is 1.68 bits per heavy atom.